The molecule has 0 saturated heterocycles. The van der Waals surface area contributed by atoms with Crippen LogP contribution >= 0.6 is 0 Å². The molecule has 2 rings (SSSR count). The second kappa shape index (κ2) is 9.61. The Morgan fingerprint density at radius 3 is 2.79 bits per heavy atom. The van der Waals surface area contributed by atoms with Crippen LogP contribution in [-0.2, 0) is 9.59 Å². The SMILES string of the molecule is CCCCC[C@H]1C/C=C2/C(=O)C=C[C@@H]2C/C=C\CCCC(=O)N1C. The van der Waals surface area contributed by atoms with Crippen LogP contribution in [0.3, 0.4) is 0 Å². The Balaban J connectivity index is 2.15. The Morgan fingerprint density at radius 2 is 2.00 bits per heavy atom. The maximum absolute atomic E-state index is 12.5. The molecule has 0 bridgehead atoms. The van der Waals surface area contributed by atoms with Crippen LogP contribution < -0.4 is 0 Å². The second-order valence-electron chi connectivity index (χ2n) is 6.98. The number of carbonyl (C=O) groups excluding carboxylic acids is 2. The lowest BCUT2D eigenvalue weighted by Crippen LogP contribution is -2.36. The van der Waals surface area contributed by atoms with Crippen LogP contribution in [0.5, 0.6) is 0 Å². The first-order valence-corrected chi connectivity index (χ1v) is 9.46. The minimum Gasteiger partial charge on any atom is -0.342 e. The van der Waals surface area contributed by atoms with Crippen molar-refractivity contribution in [2.45, 2.75) is 70.8 Å². The van der Waals surface area contributed by atoms with Crippen LogP contribution in [-0.4, -0.2) is 29.7 Å². The Hall–Kier alpha value is -1.64. The van der Waals surface area contributed by atoms with Gasteiger partial charge in [0.1, 0.15) is 0 Å². The van der Waals surface area contributed by atoms with Crippen molar-refractivity contribution in [1.82, 2.24) is 4.90 Å². The second-order valence-corrected chi connectivity index (χ2v) is 6.98. The van der Waals surface area contributed by atoms with Crippen LogP contribution in [0.25, 0.3) is 0 Å². The smallest absolute Gasteiger partial charge is 0.222 e. The van der Waals surface area contributed by atoms with Gasteiger partial charge in [-0.2, -0.15) is 0 Å². The number of nitrogens with zero attached hydrogens (tertiary/aromatic N) is 1. The molecule has 1 heterocycles. The zero-order valence-corrected chi connectivity index (χ0v) is 15.2. The number of unbranched alkanes of at least 4 members (excludes halogenated alkanes) is 2. The predicted octanol–water partition coefficient (Wildman–Crippen LogP) is 4.60. The Bertz CT molecular complexity index is 530. The molecule has 0 saturated carbocycles. The van der Waals surface area contributed by atoms with E-state index in [0.717, 1.165) is 44.1 Å². The Kier molecular flexibility index (Phi) is 7.48. The molecule has 1 aliphatic carbocycles. The van der Waals surface area contributed by atoms with E-state index in [4.69, 9.17) is 0 Å². The van der Waals surface area contributed by atoms with Crippen molar-refractivity contribution in [3.05, 3.63) is 36.0 Å². The third-order valence-electron chi connectivity index (χ3n) is 5.17. The Morgan fingerprint density at radius 1 is 1.17 bits per heavy atom. The third kappa shape index (κ3) is 5.19. The summed E-state index contributed by atoms with van der Waals surface area (Å²) in [6, 6.07) is 0.208. The van der Waals surface area contributed by atoms with Gasteiger partial charge in [-0.25, -0.2) is 0 Å². The van der Waals surface area contributed by atoms with E-state index in [2.05, 4.69) is 25.2 Å². The molecule has 0 aromatic heterocycles. The van der Waals surface area contributed by atoms with Crippen molar-refractivity contribution in [2.75, 3.05) is 7.05 Å². The van der Waals surface area contributed by atoms with Gasteiger partial charge in [-0.15, -0.1) is 0 Å². The summed E-state index contributed by atoms with van der Waals surface area (Å²) >= 11 is 0. The number of carbonyl (C=O) groups is 2. The van der Waals surface area contributed by atoms with Crippen molar-refractivity contribution < 1.29 is 9.59 Å². The summed E-state index contributed by atoms with van der Waals surface area (Å²) in [6.07, 6.45) is 18.8. The van der Waals surface area contributed by atoms with Crippen molar-refractivity contribution in [3.63, 3.8) is 0 Å². The van der Waals surface area contributed by atoms with Gasteiger partial charge >= 0.3 is 0 Å². The topological polar surface area (TPSA) is 37.4 Å². The molecule has 0 spiro atoms. The molecule has 3 nitrogen and oxygen atoms in total. The highest BCUT2D eigenvalue weighted by molar-refractivity contribution is 6.07. The maximum atomic E-state index is 12.5. The van der Waals surface area contributed by atoms with Crippen LogP contribution in [0.15, 0.2) is 36.0 Å². The highest BCUT2D eigenvalue weighted by Gasteiger charge is 2.24. The minimum atomic E-state index is 0.143. The lowest BCUT2D eigenvalue weighted by molar-refractivity contribution is -0.132. The summed E-state index contributed by atoms with van der Waals surface area (Å²) in [4.78, 5) is 26.5. The van der Waals surface area contributed by atoms with Crippen LogP contribution in [0.1, 0.15) is 64.7 Å². The first kappa shape index (κ1) is 18.7. The third-order valence-corrected chi connectivity index (χ3v) is 5.17. The molecule has 0 aromatic carbocycles. The van der Waals surface area contributed by atoms with Gasteiger partial charge in [-0.1, -0.05) is 50.5 Å². The van der Waals surface area contributed by atoms with Crippen molar-refractivity contribution in [1.29, 1.82) is 0 Å². The van der Waals surface area contributed by atoms with Gasteiger partial charge in [0.15, 0.2) is 5.78 Å². The molecule has 0 N–H and O–H groups in total. The number of hydrogen-bond acceptors (Lipinski definition) is 2. The quantitative estimate of drug-likeness (QED) is 0.558. The highest BCUT2D eigenvalue weighted by atomic mass is 16.2. The van der Waals surface area contributed by atoms with Gasteiger partial charge in [0.2, 0.25) is 5.91 Å². The standard InChI is InChI=1S/C21H31NO2/c1-3-4-7-11-18-14-15-19-17(13-16-20(19)23)10-8-5-6-9-12-21(24)22(18)2/h5,8,13,15-18H,3-4,6-7,9-12,14H2,1-2H3/b8-5-,19-15+/t17-,18-/m0/s1. The minimum absolute atomic E-state index is 0.143. The van der Waals surface area contributed by atoms with E-state index in [9.17, 15) is 9.59 Å². The van der Waals surface area contributed by atoms with E-state index in [1.807, 2.05) is 18.0 Å². The molecule has 0 aromatic rings. The monoisotopic (exact) mass is 329 g/mol. The molecule has 1 amide bonds. The summed E-state index contributed by atoms with van der Waals surface area (Å²) in [6.45, 7) is 2.20. The summed E-state index contributed by atoms with van der Waals surface area (Å²) in [5, 5.41) is 0. The summed E-state index contributed by atoms with van der Waals surface area (Å²) in [5.74, 6) is 0.589. The molecular formula is C21H31NO2. The van der Waals surface area contributed by atoms with Gasteiger partial charge in [0.25, 0.3) is 0 Å². The molecule has 24 heavy (non-hydrogen) atoms. The molecule has 0 unspecified atom stereocenters. The van der Waals surface area contributed by atoms with E-state index < -0.39 is 0 Å². The molecule has 132 valence electrons. The van der Waals surface area contributed by atoms with Gasteiger partial charge in [-0.05, 0) is 38.2 Å². The van der Waals surface area contributed by atoms with Crippen LogP contribution in [0.4, 0.5) is 0 Å². The molecule has 2 atom stereocenters. The largest absolute Gasteiger partial charge is 0.342 e. The normalized spacial score (nSPS) is 29.2. The lowest BCUT2D eigenvalue weighted by Gasteiger charge is -2.28. The molecule has 2 aliphatic rings. The fourth-order valence-corrected chi connectivity index (χ4v) is 3.52. The molecule has 0 radical (unpaired) electrons. The summed E-state index contributed by atoms with van der Waals surface area (Å²) in [5.41, 5.74) is 0.917. The van der Waals surface area contributed by atoms with Crippen LogP contribution in [0, 0.1) is 5.92 Å². The van der Waals surface area contributed by atoms with E-state index in [1.54, 1.807) is 6.08 Å². The average Bonchev–Trinajstić information content (AvgIpc) is 2.93. The van der Waals surface area contributed by atoms with Crippen LogP contribution in [0.2, 0.25) is 0 Å². The van der Waals surface area contributed by atoms with E-state index in [-0.39, 0.29) is 23.7 Å². The average molecular weight is 329 g/mol. The first-order valence-electron chi connectivity index (χ1n) is 9.46. The number of ketones is 1. The number of allylic oxidation sites excluding steroid dienone is 5. The number of fused-ring (bicyclic) bond motifs is 1. The Labute approximate surface area is 146 Å². The highest BCUT2D eigenvalue weighted by Crippen LogP contribution is 2.27. The molecule has 0 fully saturated rings. The summed E-state index contributed by atoms with van der Waals surface area (Å²) in [7, 11) is 1.93. The fourth-order valence-electron chi connectivity index (χ4n) is 3.52. The number of hydrogen-bond donors (Lipinski definition) is 0. The zero-order chi connectivity index (χ0) is 17.4. The lowest BCUT2D eigenvalue weighted by atomic mass is 9.95. The molecule has 3 heteroatoms. The maximum Gasteiger partial charge on any atom is 0.222 e. The van der Waals surface area contributed by atoms with E-state index in [1.165, 1.54) is 12.8 Å². The van der Waals surface area contributed by atoms with Gasteiger partial charge in [0, 0.05) is 31.0 Å². The van der Waals surface area contributed by atoms with Gasteiger partial charge in [0.05, 0.1) is 0 Å². The number of amides is 1. The molecule has 1 aliphatic heterocycles. The van der Waals surface area contributed by atoms with E-state index in [0.29, 0.717) is 6.42 Å². The first-order chi connectivity index (χ1) is 11.6. The number of rotatable bonds is 4. The summed E-state index contributed by atoms with van der Waals surface area (Å²) < 4.78 is 0. The van der Waals surface area contributed by atoms with Crippen molar-refractivity contribution >= 4 is 11.7 Å². The predicted molar refractivity (Wildman–Crippen MR) is 98.6 cm³/mol. The van der Waals surface area contributed by atoms with E-state index >= 15 is 0 Å². The fraction of sp³-hybridized carbons (Fsp3) is 0.619. The van der Waals surface area contributed by atoms with Crippen molar-refractivity contribution in [3.8, 4) is 0 Å². The van der Waals surface area contributed by atoms with Gasteiger partial charge < -0.3 is 4.90 Å². The zero-order valence-electron chi connectivity index (χ0n) is 15.2. The van der Waals surface area contributed by atoms with Gasteiger partial charge in [-0.3, -0.25) is 9.59 Å². The van der Waals surface area contributed by atoms with Crippen molar-refractivity contribution in [2.24, 2.45) is 5.92 Å². The molecular weight excluding hydrogens is 298 g/mol.